The smallest absolute Gasteiger partial charge is 0.308 e. The highest BCUT2D eigenvalue weighted by Gasteiger charge is 2.41. The summed E-state index contributed by atoms with van der Waals surface area (Å²) in [4.78, 5) is 26.2. The predicted molar refractivity (Wildman–Crippen MR) is 98.5 cm³/mol. The van der Waals surface area contributed by atoms with E-state index in [4.69, 9.17) is 11.6 Å². The lowest BCUT2D eigenvalue weighted by atomic mass is 9.89. The molecule has 1 aliphatic heterocycles. The zero-order valence-corrected chi connectivity index (χ0v) is 15.8. The average Bonchev–Trinajstić information content (AvgIpc) is 3.19. The lowest BCUT2D eigenvalue weighted by molar-refractivity contribution is -0.141. The van der Waals surface area contributed by atoms with E-state index in [-0.39, 0.29) is 24.3 Å². The number of aromatic nitrogens is 2. The summed E-state index contributed by atoms with van der Waals surface area (Å²) >= 11 is 5.93. The fourth-order valence-electron chi connectivity index (χ4n) is 3.56. The van der Waals surface area contributed by atoms with Crippen LogP contribution >= 0.6 is 11.6 Å². The van der Waals surface area contributed by atoms with Crippen LogP contribution in [0.3, 0.4) is 0 Å². The molecule has 0 saturated carbocycles. The fraction of sp³-hybridized carbons (Fsp3) is 0.421. The van der Waals surface area contributed by atoms with Crippen molar-refractivity contribution in [2.24, 2.45) is 13.0 Å². The normalized spacial score (nSPS) is 20.0. The van der Waals surface area contributed by atoms with E-state index < -0.39 is 11.9 Å². The van der Waals surface area contributed by atoms with Crippen LogP contribution in [0, 0.1) is 5.92 Å². The van der Waals surface area contributed by atoms with Gasteiger partial charge in [-0.1, -0.05) is 37.6 Å². The van der Waals surface area contributed by atoms with E-state index in [9.17, 15) is 14.7 Å². The quantitative estimate of drug-likeness (QED) is 0.890. The SMILES string of the molecule is CC(C)c1cc(C(=O)N2C[C@@H](C(=O)O)[C@H](c3ccc(Cl)cc3)C2)nn1C. The first kappa shape index (κ1) is 18.5. The van der Waals surface area contributed by atoms with Crippen LogP contribution in [0.5, 0.6) is 0 Å². The summed E-state index contributed by atoms with van der Waals surface area (Å²) in [6, 6.07) is 8.93. The van der Waals surface area contributed by atoms with Gasteiger partial charge < -0.3 is 10.0 Å². The minimum atomic E-state index is -0.899. The molecule has 1 saturated heterocycles. The maximum absolute atomic E-state index is 12.9. The molecule has 2 aromatic rings. The van der Waals surface area contributed by atoms with Crippen molar-refractivity contribution >= 4 is 23.5 Å². The molecule has 138 valence electrons. The molecule has 2 atom stereocenters. The minimum absolute atomic E-state index is 0.176. The zero-order chi connectivity index (χ0) is 19.0. The Morgan fingerprint density at radius 2 is 1.88 bits per heavy atom. The second-order valence-corrected chi connectivity index (χ2v) is 7.48. The van der Waals surface area contributed by atoms with Crippen molar-refractivity contribution in [2.45, 2.75) is 25.7 Å². The van der Waals surface area contributed by atoms with Gasteiger partial charge in [0, 0.05) is 36.8 Å². The van der Waals surface area contributed by atoms with E-state index in [1.807, 2.05) is 33.0 Å². The number of aliphatic carboxylic acids is 1. The fourth-order valence-corrected chi connectivity index (χ4v) is 3.68. The van der Waals surface area contributed by atoms with E-state index in [0.717, 1.165) is 11.3 Å². The van der Waals surface area contributed by atoms with Crippen molar-refractivity contribution in [2.75, 3.05) is 13.1 Å². The Morgan fingerprint density at radius 1 is 1.23 bits per heavy atom. The highest BCUT2D eigenvalue weighted by molar-refractivity contribution is 6.30. The van der Waals surface area contributed by atoms with E-state index in [1.54, 1.807) is 27.8 Å². The number of amides is 1. The molecule has 1 amide bonds. The van der Waals surface area contributed by atoms with Gasteiger partial charge in [0.05, 0.1) is 5.92 Å². The summed E-state index contributed by atoms with van der Waals surface area (Å²) in [6.45, 7) is 4.61. The highest BCUT2D eigenvalue weighted by atomic mass is 35.5. The van der Waals surface area contributed by atoms with E-state index in [1.165, 1.54) is 0 Å². The molecular weight excluding hydrogens is 354 g/mol. The van der Waals surface area contributed by atoms with Crippen LogP contribution in [-0.2, 0) is 11.8 Å². The van der Waals surface area contributed by atoms with Crippen molar-refractivity contribution in [3.05, 3.63) is 52.3 Å². The minimum Gasteiger partial charge on any atom is -0.481 e. The molecule has 1 aliphatic rings. The van der Waals surface area contributed by atoms with Crippen molar-refractivity contribution < 1.29 is 14.7 Å². The van der Waals surface area contributed by atoms with Crippen molar-refractivity contribution in [1.29, 1.82) is 0 Å². The van der Waals surface area contributed by atoms with Crippen molar-refractivity contribution in [3.8, 4) is 0 Å². The second-order valence-electron chi connectivity index (χ2n) is 7.05. The molecule has 2 heterocycles. The number of nitrogens with zero attached hydrogens (tertiary/aromatic N) is 3. The summed E-state index contributed by atoms with van der Waals surface area (Å²) < 4.78 is 1.71. The van der Waals surface area contributed by atoms with Crippen LogP contribution in [0.15, 0.2) is 30.3 Å². The summed E-state index contributed by atoms with van der Waals surface area (Å²) in [7, 11) is 1.81. The number of carboxylic acids is 1. The third-order valence-electron chi connectivity index (χ3n) is 4.95. The van der Waals surface area contributed by atoms with Gasteiger partial charge in [-0.2, -0.15) is 5.10 Å². The molecule has 0 unspecified atom stereocenters. The Morgan fingerprint density at radius 3 is 2.42 bits per heavy atom. The summed E-state index contributed by atoms with van der Waals surface area (Å²) in [6.07, 6.45) is 0. The van der Waals surface area contributed by atoms with Crippen LogP contribution in [-0.4, -0.2) is 44.8 Å². The van der Waals surface area contributed by atoms with Crippen molar-refractivity contribution in [3.63, 3.8) is 0 Å². The molecule has 6 nitrogen and oxygen atoms in total. The topological polar surface area (TPSA) is 75.4 Å². The number of carbonyl (C=O) groups is 2. The van der Waals surface area contributed by atoms with Gasteiger partial charge in [0.25, 0.3) is 5.91 Å². The lowest BCUT2D eigenvalue weighted by Crippen LogP contribution is -2.30. The van der Waals surface area contributed by atoms with Gasteiger partial charge in [-0.25, -0.2) is 0 Å². The Bertz CT molecular complexity index is 829. The van der Waals surface area contributed by atoms with Crippen molar-refractivity contribution in [1.82, 2.24) is 14.7 Å². The Labute approximate surface area is 157 Å². The molecule has 26 heavy (non-hydrogen) atoms. The lowest BCUT2D eigenvalue weighted by Gasteiger charge is -2.15. The number of carboxylic acid groups (broad SMARTS) is 1. The van der Waals surface area contributed by atoms with Gasteiger partial charge in [-0.3, -0.25) is 14.3 Å². The number of rotatable bonds is 4. The van der Waals surface area contributed by atoms with E-state index >= 15 is 0 Å². The molecule has 0 aliphatic carbocycles. The Balaban J connectivity index is 1.85. The largest absolute Gasteiger partial charge is 0.481 e. The maximum Gasteiger partial charge on any atom is 0.308 e. The predicted octanol–water partition coefficient (Wildman–Crippen LogP) is 3.14. The number of likely N-dealkylation sites (tertiary alicyclic amines) is 1. The van der Waals surface area contributed by atoms with Crippen LogP contribution in [0.1, 0.15) is 47.4 Å². The molecule has 1 N–H and O–H groups in total. The van der Waals surface area contributed by atoms with Gasteiger partial charge in [0.15, 0.2) is 5.69 Å². The third kappa shape index (κ3) is 3.46. The molecular formula is C19H22ClN3O3. The number of hydrogen-bond donors (Lipinski definition) is 1. The van der Waals surface area contributed by atoms with Gasteiger partial charge in [0.1, 0.15) is 0 Å². The monoisotopic (exact) mass is 375 g/mol. The first-order valence-electron chi connectivity index (χ1n) is 8.59. The average molecular weight is 376 g/mol. The van der Waals surface area contributed by atoms with Crippen LogP contribution < -0.4 is 0 Å². The zero-order valence-electron chi connectivity index (χ0n) is 15.0. The summed E-state index contributed by atoms with van der Waals surface area (Å²) in [5.74, 6) is -1.78. The molecule has 1 aromatic carbocycles. The third-order valence-corrected chi connectivity index (χ3v) is 5.20. The first-order valence-corrected chi connectivity index (χ1v) is 8.97. The maximum atomic E-state index is 12.9. The van der Waals surface area contributed by atoms with Crippen LogP contribution in [0.4, 0.5) is 0 Å². The second kappa shape index (κ2) is 7.11. The van der Waals surface area contributed by atoms with Gasteiger partial charge >= 0.3 is 5.97 Å². The Kier molecular flexibility index (Phi) is 5.05. The van der Waals surface area contributed by atoms with Crippen LogP contribution in [0.25, 0.3) is 0 Å². The highest BCUT2D eigenvalue weighted by Crippen LogP contribution is 2.34. The molecule has 1 aromatic heterocycles. The first-order chi connectivity index (χ1) is 12.3. The number of benzene rings is 1. The molecule has 7 heteroatoms. The van der Waals surface area contributed by atoms with Gasteiger partial charge in [-0.15, -0.1) is 0 Å². The molecule has 0 radical (unpaired) electrons. The number of halogens is 1. The molecule has 3 rings (SSSR count). The molecule has 0 spiro atoms. The number of aryl methyl sites for hydroxylation is 1. The van der Waals surface area contributed by atoms with Crippen LogP contribution in [0.2, 0.25) is 5.02 Å². The van der Waals surface area contributed by atoms with Gasteiger partial charge in [0.2, 0.25) is 0 Å². The standard InChI is InChI=1S/C19H22ClN3O3/c1-11(2)17-8-16(21-22(17)3)18(24)23-9-14(15(10-23)19(25)26)12-4-6-13(20)7-5-12/h4-8,11,14-15H,9-10H2,1-3H3,(H,25,26)/t14-,15+/m0/s1. The number of carbonyl (C=O) groups excluding carboxylic acids is 1. The van der Waals surface area contributed by atoms with E-state index in [2.05, 4.69) is 5.10 Å². The number of hydrogen-bond acceptors (Lipinski definition) is 3. The van der Waals surface area contributed by atoms with E-state index in [0.29, 0.717) is 17.3 Å². The molecule has 0 bridgehead atoms. The Hall–Kier alpha value is -2.34. The van der Waals surface area contributed by atoms with Gasteiger partial charge in [-0.05, 0) is 29.7 Å². The molecule has 1 fully saturated rings. The summed E-state index contributed by atoms with van der Waals surface area (Å²) in [5, 5.41) is 14.5. The summed E-state index contributed by atoms with van der Waals surface area (Å²) in [5.41, 5.74) is 2.20.